The average Bonchev–Trinajstić information content (AvgIpc) is 3.03. The molecule has 5 rings (SSSR count). The largest absolute Gasteiger partial charge is 0.392 e. The number of primary amides is 2. The molecule has 0 aliphatic heterocycles. The lowest BCUT2D eigenvalue weighted by Crippen LogP contribution is -2.44. The van der Waals surface area contributed by atoms with Crippen molar-refractivity contribution in [2.24, 2.45) is 34.6 Å². The van der Waals surface area contributed by atoms with E-state index in [0.29, 0.717) is 28.9 Å². The van der Waals surface area contributed by atoms with Crippen LogP contribution in [0.1, 0.15) is 75.9 Å². The number of nitrogens with two attached hydrogens (primary N) is 2. The van der Waals surface area contributed by atoms with Crippen LogP contribution in [-0.2, 0) is 12.8 Å². The molecular formula is C27H32N2O3. The van der Waals surface area contributed by atoms with Gasteiger partial charge in [-0.25, -0.2) is 0 Å². The number of carbonyl (C=O) groups excluding carboxylic acids is 2. The molecule has 2 aromatic rings. The van der Waals surface area contributed by atoms with E-state index in [0.717, 1.165) is 44.1 Å². The molecule has 1 unspecified atom stereocenters. The molecule has 5 heteroatoms. The van der Waals surface area contributed by atoms with Crippen LogP contribution in [0, 0.1) is 23.2 Å². The van der Waals surface area contributed by atoms with Gasteiger partial charge in [-0.15, -0.1) is 0 Å². The van der Waals surface area contributed by atoms with Crippen molar-refractivity contribution in [2.75, 3.05) is 0 Å². The van der Waals surface area contributed by atoms with Crippen molar-refractivity contribution in [2.45, 2.75) is 57.5 Å². The molecule has 0 radical (unpaired) electrons. The number of aliphatic hydroxyl groups excluding tert-OH is 1. The summed E-state index contributed by atoms with van der Waals surface area (Å²) in [5.74, 6) is 0.922. The smallest absolute Gasteiger partial charge is 0.248 e. The molecule has 5 N–H and O–H groups in total. The lowest BCUT2D eigenvalue weighted by molar-refractivity contribution is -0.0325. The summed E-state index contributed by atoms with van der Waals surface area (Å²) < 4.78 is 0. The number of carbonyl (C=O) groups is 2. The van der Waals surface area contributed by atoms with Crippen molar-refractivity contribution >= 4 is 11.8 Å². The van der Waals surface area contributed by atoms with Crippen molar-refractivity contribution in [1.82, 2.24) is 0 Å². The molecule has 168 valence electrons. The third kappa shape index (κ3) is 3.34. The highest BCUT2D eigenvalue weighted by molar-refractivity contribution is 5.93. The van der Waals surface area contributed by atoms with Crippen LogP contribution in [0.3, 0.4) is 0 Å². The zero-order valence-corrected chi connectivity index (χ0v) is 18.6. The molecule has 0 bridgehead atoms. The van der Waals surface area contributed by atoms with Crippen LogP contribution >= 0.6 is 0 Å². The number of hydrogen-bond donors (Lipinski definition) is 3. The molecular weight excluding hydrogens is 400 g/mol. The minimum Gasteiger partial charge on any atom is -0.392 e. The molecule has 32 heavy (non-hydrogen) atoms. The molecule has 3 aliphatic carbocycles. The number of rotatable bonds is 4. The summed E-state index contributed by atoms with van der Waals surface area (Å²) in [5.41, 5.74) is 15.7. The Kier molecular flexibility index (Phi) is 5.12. The summed E-state index contributed by atoms with van der Waals surface area (Å²) in [5, 5.41) is 11.4. The summed E-state index contributed by atoms with van der Waals surface area (Å²) in [7, 11) is 0. The molecule has 2 amide bonds. The summed E-state index contributed by atoms with van der Waals surface area (Å²) >= 11 is 0. The van der Waals surface area contributed by atoms with Gasteiger partial charge in [0.05, 0.1) is 6.10 Å². The first-order valence-corrected chi connectivity index (χ1v) is 11.8. The number of aryl methyl sites for hydroxylation is 1. The maximum Gasteiger partial charge on any atom is 0.248 e. The van der Waals surface area contributed by atoms with Crippen molar-refractivity contribution in [1.29, 1.82) is 0 Å². The van der Waals surface area contributed by atoms with Gasteiger partial charge in [0.25, 0.3) is 0 Å². The van der Waals surface area contributed by atoms with Crippen molar-refractivity contribution in [3.8, 4) is 0 Å². The molecule has 3 aliphatic rings. The van der Waals surface area contributed by atoms with Gasteiger partial charge in [-0.05, 0) is 109 Å². The monoisotopic (exact) mass is 432 g/mol. The third-order valence-corrected chi connectivity index (χ3v) is 8.84. The first-order chi connectivity index (χ1) is 15.3. The fourth-order valence-corrected chi connectivity index (χ4v) is 7.24. The molecule has 2 aromatic carbocycles. The third-order valence-electron chi connectivity index (χ3n) is 8.84. The highest BCUT2D eigenvalue weighted by atomic mass is 16.3. The topological polar surface area (TPSA) is 106 Å². The van der Waals surface area contributed by atoms with Crippen LogP contribution < -0.4 is 11.5 Å². The fraction of sp³-hybridized carbons (Fsp3) is 0.481. The van der Waals surface area contributed by atoms with Gasteiger partial charge in [0.2, 0.25) is 11.8 Å². The number of amides is 2. The van der Waals surface area contributed by atoms with Crippen molar-refractivity contribution in [3.63, 3.8) is 0 Å². The Balaban J connectivity index is 1.39. The maximum atomic E-state index is 11.6. The van der Waals surface area contributed by atoms with E-state index in [9.17, 15) is 14.7 Å². The minimum absolute atomic E-state index is 0.0716. The molecule has 2 saturated carbocycles. The van der Waals surface area contributed by atoms with Crippen LogP contribution in [0.4, 0.5) is 0 Å². The second kappa shape index (κ2) is 7.73. The van der Waals surface area contributed by atoms with Crippen LogP contribution in [-0.4, -0.2) is 23.0 Å². The van der Waals surface area contributed by atoms with Crippen molar-refractivity contribution < 1.29 is 14.7 Å². The van der Waals surface area contributed by atoms with E-state index in [1.54, 1.807) is 6.07 Å². The summed E-state index contributed by atoms with van der Waals surface area (Å²) in [6.45, 7) is 2.28. The minimum atomic E-state index is -0.414. The second-order valence-electron chi connectivity index (χ2n) is 10.4. The highest BCUT2D eigenvalue weighted by Gasteiger charge is 2.57. The quantitative estimate of drug-likeness (QED) is 0.687. The van der Waals surface area contributed by atoms with Gasteiger partial charge in [-0.2, -0.15) is 0 Å². The summed E-state index contributed by atoms with van der Waals surface area (Å²) in [6, 6.07) is 13.5. The molecule has 6 atom stereocenters. The SMILES string of the molecule is C[C@]12CC[C@@H]3c4ccc(C(N)=O)cc4CCC3[C@@H]1C[C@H](Cc1cccc(C(N)=O)c1)[C@@H]2O. The first kappa shape index (κ1) is 21.2. The Morgan fingerprint density at radius 1 is 1.06 bits per heavy atom. The predicted octanol–water partition coefficient (Wildman–Crippen LogP) is 3.57. The van der Waals surface area contributed by atoms with E-state index in [1.807, 2.05) is 30.3 Å². The van der Waals surface area contributed by atoms with E-state index in [-0.39, 0.29) is 23.3 Å². The van der Waals surface area contributed by atoms with E-state index >= 15 is 0 Å². The van der Waals surface area contributed by atoms with Gasteiger partial charge >= 0.3 is 0 Å². The van der Waals surface area contributed by atoms with Gasteiger partial charge in [-0.1, -0.05) is 25.1 Å². The summed E-state index contributed by atoms with van der Waals surface area (Å²) in [4.78, 5) is 23.2. The second-order valence-corrected chi connectivity index (χ2v) is 10.4. The lowest BCUT2D eigenvalue weighted by Gasteiger charge is -2.50. The fourth-order valence-electron chi connectivity index (χ4n) is 7.24. The Labute approximate surface area is 189 Å². The van der Waals surface area contributed by atoms with E-state index in [1.165, 1.54) is 11.1 Å². The van der Waals surface area contributed by atoms with Crippen LogP contribution in [0.5, 0.6) is 0 Å². The van der Waals surface area contributed by atoms with Crippen LogP contribution in [0.15, 0.2) is 42.5 Å². The Hall–Kier alpha value is -2.66. The van der Waals surface area contributed by atoms with Gasteiger partial charge in [0.1, 0.15) is 0 Å². The van der Waals surface area contributed by atoms with Crippen molar-refractivity contribution in [3.05, 3.63) is 70.3 Å². The van der Waals surface area contributed by atoms with Gasteiger partial charge in [-0.3, -0.25) is 9.59 Å². The van der Waals surface area contributed by atoms with Gasteiger partial charge in [0.15, 0.2) is 0 Å². The van der Waals surface area contributed by atoms with E-state index in [2.05, 4.69) is 13.0 Å². The Morgan fingerprint density at radius 2 is 1.81 bits per heavy atom. The number of benzene rings is 2. The highest BCUT2D eigenvalue weighted by Crippen LogP contribution is 2.62. The predicted molar refractivity (Wildman–Crippen MR) is 123 cm³/mol. The molecule has 0 spiro atoms. The van der Waals surface area contributed by atoms with E-state index in [4.69, 9.17) is 11.5 Å². The molecule has 5 nitrogen and oxygen atoms in total. The Bertz CT molecular complexity index is 1080. The van der Waals surface area contributed by atoms with Crippen LogP contribution in [0.25, 0.3) is 0 Å². The maximum absolute atomic E-state index is 11.6. The first-order valence-electron chi connectivity index (χ1n) is 11.8. The molecule has 0 heterocycles. The molecule has 0 saturated heterocycles. The molecule has 0 aromatic heterocycles. The Morgan fingerprint density at radius 3 is 2.56 bits per heavy atom. The zero-order chi connectivity index (χ0) is 22.6. The van der Waals surface area contributed by atoms with Gasteiger partial charge < -0.3 is 16.6 Å². The van der Waals surface area contributed by atoms with Crippen LogP contribution in [0.2, 0.25) is 0 Å². The number of aliphatic hydroxyl groups is 1. The number of hydrogen-bond acceptors (Lipinski definition) is 3. The zero-order valence-electron chi connectivity index (χ0n) is 18.6. The van der Waals surface area contributed by atoms with Gasteiger partial charge in [0, 0.05) is 11.1 Å². The summed E-state index contributed by atoms with van der Waals surface area (Å²) in [6.07, 6.45) is 5.57. The molecule has 2 fully saturated rings. The lowest BCUT2D eigenvalue weighted by atomic mass is 9.55. The average molecular weight is 433 g/mol. The number of fused-ring (bicyclic) bond motifs is 5. The van der Waals surface area contributed by atoms with E-state index < -0.39 is 5.91 Å². The standard InChI is InChI=1S/C27H32N2O3/c1-27-10-9-21-20-7-6-18(26(29)32)13-16(20)5-8-22(21)23(27)14-19(24(27)30)12-15-3-2-4-17(11-15)25(28)31/h2-4,6-7,11,13,19,21-24,30H,5,8-10,12,14H2,1H3,(H2,28,31)(H2,29,32)/t19-,21+,22?,23-,24-,27-/m0/s1. The normalized spacial score (nSPS) is 33.1.